The van der Waals surface area contributed by atoms with Gasteiger partial charge in [0.1, 0.15) is 11.8 Å². The van der Waals surface area contributed by atoms with Gasteiger partial charge in [0.15, 0.2) is 6.61 Å². The molecule has 6 heteroatoms. The van der Waals surface area contributed by atoms with Crippen LogP contribution in [0.5, 0.6) is 5.75 Å². The summed E-state index contributed by atoms with van der Waals surface area (Å²) in [5.41, 5.74) is 3.05. The Morgan fingerprint density at radius 2 is 1.57 bits per heavy atom. The van der Waals surface area contributed by atoms with Crippen molar-refractivity contribution in [1.82, 2.24) is 10.2 Å². The fourth-order valence-corrected chi connectivity index (χ4v) is 3.84. The molecule has 0 radical (unpaired) electrons. The van der Waals surface area contributed by atoms with E-state index in [-0.39, 0.29) is 25.0 Å². The van der Waals surface area contributed by atoms with Gasteiger partial charge in [-0.1, -0.05) is 97.7 Å². The molecule has 184 valence electrons. The number of ether oxygens (including phenoxy) is 1. The lowest BCUT2D eigenvalue weighted by atomic mass is 10.0. The van der Waals surface area contributed by atoms with Gasteiger partial charge in [0.2, 0.25) is 5.91 Å². The summed E-state index contributed by atoms with van der Waals surface area (Å²) in [6.07, 6.45) is 0.397. The summed E-state index contributed by atoms with van der Waals surface area (Å²) in [6.45, 7) is 6.70. The van der Waals surface area contributed by atoms with Gasteiger partial charge in [-0.3, -0.25) is 9.59 Å². The standard InChI is InChI=1S/C29H33ClN2O3/c1-21(2)18-31-29(34)26(17-23-9-5-4-6-10-23)32(19-24-15-13-22(3)14-16-24)28(33)20-35-27-12-8-7-11-25(27)30/h4-16,21,26H,17-20H2,1-3H3,(H,31,34)/t26-/m1/s1. The van der Waals surface area contributed by atoms with Crippen molar-refractivity contribution in [3.05, 3.63) is 101 Å². The number of halogens is 1. The fourth-order valence-electron chi connectivity index (χ4n) is 3.65. The summed E-state index contributed by atoms with van der Waals surface area (Å²) in [5.74, 6) is 0.259. The van der Waals surface area contributed by atoms with Crippen molar-refractivity contribution in [3.63, 3.8) is 0 Å². The van der Waals surface area contributed by atoms with Crippen LogP contribution >= 0.6 is 11.6 Å². The van der Waals surface area contributed by atoms with E-state index in [1.807, 2.05) is 75.4 Å². The molecule has 0 saturated heterocycles. The Kier molecular flexibility index (Phi) is 9.74. The molecule has 0 aliphatic carbocycles. The second kappa shape index (κ2) is 13.0. The van der Waals surface area contributed by atoms with Crippen LogP contribution in [0.2, 0.25) is 5.02 Å². The molecule has 0 unspecified atom stereocenters. The molecule has 0 heterocycles. The Labute approximate surface area is 213 Å². The van der Waals surface area contributed by atoms with Crippen LogP contribution in [0, 0.1) is 12.8 Å². The number of nitrogens with one attached hydrogen (secondary N) is 1. The van der Waals surface area contributed by atoms with E-state index in [9.17, 15) is 9.59 Å². The van der Waals surface area contributed by atoms with Gasteiger partial charge in [-0.2, -0.15) is 0 Å². The Hall–Kier alpha value is -3.31. The number of amides is 2. The van der Waals surface area contributed by atoms with Crippen LogP contribution in [0.15, 0.2) is 78.9 Å². The fraction of sp³-hybridized carbons (Fsp3) is 0.310. The van der Waals surface area contributed by atoms with Gasteiger partial charge in [0, 0.05) is 19.5 Å². The predicted octanol–water partition coefficient (Wildman–Crippen LogP) is 5.44. The van der Waals surface area contributed by atoms with Crippen LogP contribution in [-0.4, -0.2) is 35.9 Å². The topological polar surface area (TPSA) is 58.6 Å². The lowest BCUT2D eigenvalue weighted by molar-refractivity contribution is -0.142. The number of aryl methyl sites for hydroxylation is 1. The SMILES string of the molecule is Cc1ccc(CN(C(=O)COc2ccccc2Cl)[C@H](Cc2ccccc2)C(=O)NCC(C)C)cc1. The Bertz CT molecular complexity index is 1100. The summed E-state index contributed by atoms with van der Waals surface area (Å²) < 4.78 is 5.76. The minimum atomic E-state index is -0.695. The number of nitrogens with zero attached hydrogens (tertiary/aromatic N) is 1. The maximum absolute atomic E-state index is 13.6. The Balaban J connectivity index is 1.90. The van der Waals surface area contributed by atoms with E-state index in [2.05, 4.69) is 5.32 Å². The zero-order chi connectivity index (χ0) is 25.2. The van der Waals surface area contributed by atoms with Gasteiger partial charge in [0.05, 0.1) is 5.02 Å². The molecule has 2 amide bonds. The molecule has 3 aromatic carbocycles. The normalized spacial score (nSPS) is 11.7. The first-order valence-electron chi connectivity index (χ1n) is 11.9. The van der Waals surface area contributed by atoms with Crippen LogP contribution < -0.4 is 10.1 Å². The Morgan fingerprint density at radius 3 is 2.23 bits per heavy atom. The maximum atomic E-state index is 13.6. The number of benzene rings is 3. The minimum absolute atomic E-state index is 0.180. The summed E-state index contributed by atoms with van der Waals surface area (Å²) in [6, 6.07) is 24.1. The number of carbonyl (C=O) groups excluding carboxylic acids is 2. The monoisotopic (exact) mass is 492 g/mol. The molecule has 0 fully saturated rings. The van der Waals surface area contributed by atoms with Gasteiger partial charge >= 0.3 is 0 Å². The van der Waals surface area contributed by atoms with E-state index < -0.39 is 6.04 Å². The lowest BCUT2D eigenvalue weighted by Crippen LogP contribution is -2.52. The van der Waals surface area contributed by atoms with Gasteiger partial charge in [-0.05, 0) is 36.1 Å². The largest absolute Gasteiger partial charge is 0.482 e. The molecule has 0 spiro atoms. The molecule has 1 N–H and O–H groups in total. The quantitative estimate of drug-likeness (QED) is 0.387. The molecular formula is C29H33ClN2O3. The molecule has 3 rings (SSSR count). The molecule has 0 aliphatic rings. The highest BCUT2D eigenvalue weighted by Gasteiger charge is 2.30. The predicted molar refractivity (Wildman–Crippen MR) is 140 cm³/mol. The van der Waals surface area contributed by atoms with Gasteiger partial charge in [-0.15, -0.1) is 0 Å². The van der Waals surface area contributed by atoms with E-state index in [0.29, 0.717) is 29.7 Å². The number of rotatable bonds is 11. The van der Waals surface area contributed by atoms with E-state index in [1.54, 1.807) is 29.2 Å². The number of carbonyl (C=O) groups is 2. The third-order valence-corrected chi connectivity index (χ3v) is 5.93. The van der Waals surface area contributed by atoms with Crippen LogP contribution in [0.3, 0.4) is 0 Å². The molecule has 3 aromatic rings. The van der Waals surface area contributed by atoms with Crippen molar-refractivity contribution in [3.8, 4) is 5.75 Å². The zero-order valence-corrected chi connectivity index (χ0v) is 21.3. The first-order chi connectivity index (χ1) is 16.8. The van der Waals surface area contributed by atoms with Crippen LogP contribution in [0.1, 0.15) is 30.5 Å². The Morgan fingerprint density at radius 1 is 0.914 bits per heavy atom. The molecule has 0 bridgehead atoms. The first kappa shape index (κ1) is 26.3. The average Bonchev–Trinajstić information content (AvgIpc) is 2.85. The average molecular weight is 493 g/mol. The molecule has 5 nitrogen and oxygen atoms in total. The van der Waals surface area contributed by atoms with Crippen molar-refractivity contribution < 1.29 is 14.3 Å². The number of hydrogen-bond donors (Lipinski definition) is 1. The third-order valence-electron chi connectivity index (χ3n) is 5.62. The summed E-state index contributed by atoms with van der Waals surface area (Å²) >= 11 is 6.21. The van der Waals surface area contributed by atoms with Crippen LogP contribution in [0.25, 0.3) is 0 Å². The zero-order valence-electron chi connectivity index (χ0n) is 20.5. The first-order valence-corrected chi connectivity index (χ1v) is 12.2. The minimum Gasteiger partial charge on any atom is -0.482 e. The van der Waals surface area contributed by atoms with Crippen molar-refractivity contribution in [2.24, 2.45) is 5.92 Å². The molecule has 0 saturated carbocycles. The second-order valence-corrected chi connectivity index (χ2v) is 9.48. The van der Waals surface area contributed by atoms with Crippen molar-refractivity contribution in [2.45, 2.75) is 39.8 Å². The molecule has 0 aliphatic heterocycles. The van der Waals surface area contributed by atoms with Crippen molar-refractivity contribution >= 4 is 23.4 Å². The smallest absolute Gasteiger partial charge is 0.261 e. The second-order valence-electron chi connectivity index (χ2n) is 9.07. The highest BCUT2D eigenvalue weighted by Crippen LogP contribution is 2.23. The van der Waals surface area contributed by atoms with Gasteiger partial charge in [-0.25, -0.2) is 0 Å². The molecule has 35 heavy (non-hydrogen) atoms. The van der Waals surface area contributed by atoms with E-state index >= 15 is 0 Å². The summed E-state index contributed by atoms with van der Waals surface area (Å²) in [4.78, 5) is 28.6. The highest BCUT2D eigenvalue weighted by molar-refractivity contribution is 6.32. The third kappa shape index (κ3) is 8.15. The van der Waals surface area contributed by atoms with Gasteiger partial charge < -0.3 is 15.0 Å². The lowest BCUT2D eigenvalue weighted by Gasteiger charge is -2.31. The highest BCUT2D eigenvalue weighted by atomic mass is 35.5. The van der Waals surface area contributed by atoms with Crippen molar-refractivity contribution in [1.29, 1.82) is 0 Å². The molecule has 1 atom stereocenters. The van der Waals surface area contributed by atoms with E-state index in [4.69, 9.17) is 16.3 Å². The van der Waals surface area contributed by atoms with Gasteiger partial charge in [0.25, 0.3) is 5.91 Å². The van der Waals surface area contributed by atoms with Crippen LogP contribution in [-0.2, 0) is 22.6 Å². The van der Waals surface area contributed by atoms with E-state index in [1.165, 1.54) is 0 Å². The van der Waals surface area contributed by atoms with Crippen molar-refractivity contribution in [2.75, 3.05) is 13.2 Å². The summed E-state index contributed by atoms with van der Waals surface area (Å²) in [7, 11) is 0. The maximum Gasteiger partial charge on any atom is 0.261 e. The van der Waals surface area contributed by atoms with Crippen LogP contribution in [0.4, 0.5) is 0 Å². The molecule has 0 aromatic heterocycles. The van der Waals surface area contributed by atoms with E-state index in [0.717, 1.165) is 16.7 Å². The number of para-hydroxylation sites is 1. The summed E-state index contributed by atoms with van der Waals surface area (Å²) in [5, 5.41) is 3.45. The molecular weight excluding hydrogens is 460 g/mol. The number of hydrogen-bond acceptors (Lipinski definition) is 3.